The second-order valence-corrected chi connectivity index (χ2v) is 4.63. The molecule has 0 aromatic heterocycles. The first-order valence-corrected chi connectivity index (χ1v) is 5.64. The van der Waals surface area contributed by atoms with Gasteiger partial charge in [0.2, 0.25) is 0 Å². The van der Waals surface area contributed by atoms with Gasteiger partial charge in [0.25, 0.3) is 0 Å². The number of halogens is 1. The predicted molar refractivity (Wildman–Crippen MR) is 65.4 cm³/mol. The first-order valence-electron chi connectivity index (χ1n) is 5.64. The number of benzene rings is 1. The van der Waals surface area contributed by atoms with E-state index in [1.54, 1.807) is 0 Å². The minimum atomic E-state index is -1.65. The summed E-state index contributed by atoms with van der Waals surface area (Å²) < 4.78 is 19.2. The Hall–Kier alpha value is -0.905. The van der Waals surface area contributed by atoms with Gasteiger partial charge in [0, 0.05) is 5.56 Å². The molecule has 5 heteroatoms. The summed E-state index contributed by atoms with van der Waals surface area (Å²) in [7, 11) is -1.65. The van der Waals surface area contributed by atoms with E-state index in [1.165, 1.54) is 12.1 Å². The molecule has 0 atom stereocenters. The molecule has 0 radical (unpaired) electrons. The Morgan fingerprint density at radius 2 is 2.00 bits per heavy atom. The topological polar surface area (TPSA) is 49.7 Å². The minimum absolute atomic E-state index is 0.140. The van der Waals surface area contributed by atoms with Crippen molar-refractivity contribution in [3.63, 3.8) is 0 Å². The fraction of sp³-hybridized carbons (Fsp3) is 0.500. The summed E-state index contributed by atoms with van der Waals surface area (Å²) >= 11 is 0. The number of ether oxygens (including phenoxy) is 1. The van der Waals surface area contributed by atoms with Gasteiger partial charge in [0.05, 0.1) is 12.2 Å². The molecule has 0 saturated carbocycles. The van der Waals surface area contributed by atoms with Crippen molar-refractivity contribution < 1.29 is 19.2 Å². The molecule has 0 spiro atoms. The highest BCUT2D eigenvalue weighted by molar-refractivity contribution is 6.58. The van der Waals surface area contributed by atoms with Crippen LogP contribution in [0.4, 0.5) is 4.39 Å². The summed E-state index contributed by atoms with van der Waals surface area (Å²) in [5.41, 5.74) is 0.263. The Balaban J connectivity index is 2.73. The van der Waals surface area contributed by atoms with Crippen molar-refractivity contribution in [1.82, 2.24) is 0 Å². The van der Waals surface area contributed by atoms with Crippen LogP contribution in [0.25, 0.3) is 0 Å². The minimum Gasteiger partial charge on any atom is -0.423 e. The third-order valence-electron chi connectivity index (χ3n) is 2.85. The molecule has 0 bridgehead atoms. The van der Waals surface area contributed by atoms with E-state index in [4.69, 9.17) is 14.8 Å². The zero-order valence-corrected chi connectivity index (χ0v) is 10.4. The lowest BCUT2D eigenvalue weighted by molar-refractivity contribution is -0.0326. The van der Waals surface area contributed by atoms with E-state index >= 15 is 0 Å². The van der Waals surface area contributed by atoms with Crippen molar-refractivity contribution in [2.24, 2.45) is 0 Å². The lowest BCUT2D eigenvalue weighted by Gasteiger charge is -2.23. The molecule has 0 saturated heterocycles. The molecule has 0 amide bonds. The van der Waals surface area contributed by atoms with E-state index in [-0.39, 0.29) is 17.7 Å². The largest absolute Gasteiger partial charge is 0.488 e. The summed E-state index contributed by atoms with van der Waals surface area (Å²) in [6, 6.07) is 4.10. The van der Waals surface area contributed by atoms with Crippen LogP contribution in [0.2, 0.25) is 0 Å². The highest BCUT2D eigenvalue weighted by Crippen LogP contribution is 2.17. The Labute approximate surface area is 101 Å². The van der Waals surface area contributed by atoms with Gasteiger partial charge in [-0.2, -0.15) is 0 Å². The molecule has 0 fully saturated rings. The van der Waals surface area contributed by atoms with Crippen molar-refractivity contribution in [2.45, 2.75) is 39.4 Å². The van der Waals surface area contributed by atoms with E-state index in [2.05, 4.69) is 0 Å². The van der Waals surface area contributed by atoms with Crippen LogP contribution in [0.5, 0.6) is 0 Å². The van der Waals surface area contributed by atoms with Crippen molar-refractivity contribution in [3.05, 3.63) is 29.6 Å². The lowest BCUT2D eigenvalue weighted by atomic mass is 9.80. The highest BCUT2D eigenvalue weighted by Gasteiger charge is 2.17. The quantitative estimate of drug-likeness (QED) is 0.760. The Morgan fingerprint density at radius 3 is 2.47 bits per heavy atom. The molecular weight excluding hydrogens is 222 g/mol. The van der Waals surface area contributed by atoms with Crippen LogP contribution < -0.4 is 5.46 Å². The molecule has 0 aliphatic rings. The van der Waals surface area contributed by atoms with Crippen molar-refractivity contribution in [2.75, 3.05) is 0 Å². The molecule has 0 aliphatic heterocycles. The molecule has 2 N–H and O–H groups in total. The van der Waals surface area contributed by atoms with E-state index in [0.29, 0.717) is 5.56 Å². The molecule has 1 rings (SSSR count). The van der Waals surface area contributed by atoms with Crippen LogP contribution in [0, 0.1) is 5.82 Å². The van der Waals surface area contributed by atoms with Gasteiger partial charge in [-0.1, -0.05) is 19.1 Å². The second-order valence-electron chi connectivity index (χ2n) is 4.63. The van der Waals surface area contributed by atoms with Crippen LogP contribution in [0.3, 0.4) is 0 Å². The van der Waals surface area contributed by atoms with Gasteiger partial charge in [-0.25, -0.2) is 4.39 Å². The van der Waals surface area contributed by atoms with Crippen LogP contribution in [-0.2, 0) is 11.3 Å². The van der Waals surface area contributed by atoms with Crippen LogP contribution in [0.1, 0.15) is 32.8 Å². The molecule has 3 nitrogen and oxygen atoms in total. The average molecular weight is 240 g/mol. The van der Waals surface area contributed by atoms with Gasteiger partial charge in [-0.3, -0.25) is 0 Å². The van der Waals surface area contributed by atoms with Crippen LogP contribution in [0.15, 0.2) is 18.2 Å². The maximum Gasteiger partial charge on any atom is 0.488 e. The monoisotopic (exact) mass is 240 g/mol. The average Bonchev–Trinajstić information content (AvgIpc) is 2.27. The predicted octanol–water partition coefficient (Wildman–Crippen LogP) is 1.21. The van der Waals surface area contributed by atoms with E-state index in [1.807, 2.05) is 20.8 Å². The van der Waals surface area contributed by atoms with Crippen LogP contribution >= 0.6 is 0 Å². The number of hydrogen-bond acceptors (Lipinski definition) is 3. The molecule has 0 unspecified atom stereocenters. The van der Waals surface area contributed by atoms with Crippen molar-refractivity contribution in [1.29, 1.82) is 0 Å². The van der Waals surface area contributed by atoms with Gasteiger partial charge in [-0.05, 0) is 31.8 Å². The molecule has 1 aromatic carbocycles. The van der Waals surface area contributed by atoms with Gasteiger partial charge < -0.3 is 14.8 Å². The van der Waals surface area contributed by atoms with Crippen LogP contribution in [-0.4, -0.2) is 22.8 Å². The Bertz CT molecular complexity index is 380. The molecule has 0 heterocycles. The SMILES string of the molecule is CCC(C)(C)OCc1ccc(B(O)O)cc1F. The lowest BCUT2D eigenvalue weighted by Crippen LogP contribution is -2.30. The third-order valence-corrected chi connectivity index (χ3v) is 2.85. The van der Waals surface area contributed by atoms with Gasteiger partial charge in [0.15, 0.2) is 0 Å². The van der Waals surface area contributed by atoms with Gasteiger partial charge in [0.1, 0.15) is 5.82 Å². The second kappa shape index (κ2) is 5.62. The standard InChI is InChI=1S/C12H18BFO3/c1-4-12(2,3)17-8-9-5-6-10(13(15)16)7-11(9)14/h5-7,15-16H,4,8H2,1-3H3. The zero-order valence-electron chi connectivity index (χ0n) is 10.4. The first kappa shape index (κ1) is 14.2. The fourth-order valence-electron chi connectivity index (χ4n) is 1.22. The molecule has 1 aromatic rings. The first-order chi connectivity index (χ1) is 7.85. The normalized spacial score (nSPS) is 11.6. The summed E-state index contributed by atoms with van der Waals surface area (Å²) in [6.07, 6.45) is 0.835. The third kappa shape index (κ3) is 4.11. The molecule has 0 aliphatic carbocycles. The molecule has 94 valence electrons. The fourth-order valence-corrected chi connectivity index (χ4v) is 1.22. The summed E-state index contributed by atoms with van der Waals surface area (Å²) in [5.74, 6) is -0.484. The van der Waals surface area contributed by atoms with Gasteiger partial charge in [-0.15, -0.1) is 0 Å². The number of rotatable bonds is 5. The van der Waals surface area contributed by atoms with Crippen molar-refractivity contribution in [3.8, 4) is 0 Å². The summed E-state index contributed by atoms with van der Waals surface area (Å²) in [6.45, 7) is 6.06. The maximum absolute atomic E-state index is 13.6. The Kier molecular flexibility index (Phi) is 4.68. The molecule has 17 heavy (non-hydrogen) atoms. The highest BCUT2D eigenvalue weighted by atomic mass is 19.1. The van der Waals surface area contributed by atoms with Gasteiger partial charge >= 0.3 is 7.12 Å². The van der Waals surface area contributed by atoms with E-state index < -0.39 is 12.9 Å². The van der Waals surface area contributed by atoms with E-state index in [9.17, 15) is 4.39 Å². The van der Waals surface area contributed by atoms with E-state index in [0.717, 1.165) is 12.5 Å². The maximum atomic E-state index is 13.6. The Morgan fingerprint density at radius 1 is 1.35 bits per heavy atom. The van der Waals surface area contributed by atoms with Crippen molar-refractivity contribution >= 4 is 12.6 Å². The summed E-state index contributed by atoms with van der Waals surface area (Å²) in [4.78, 5) is 0. The number of hydrogen-bond donors (Lipinski definition) is 2. The molecular formula is C12H18BFO3. The zero-order chi connectivity index (χ0) is 13.1. The smallest absolute Gasteiger partial charge is 0.423 e. The summed E-state index contributed by atoms with van der Waals surface area (Å²) in [5, 5.41) is 17.8.